The summed E-state index contributed by atoms with van der Waals surface area (Å²) >= 11 is 0. The number of carbonyl (C=O) groups is 1. The summed E-state index contributed by atoms with van der Waals surface area (Å²) in [5, 5.41) is 0. The third kappa shape index (κ3) is 3.91. The Hall–Kier alpha value is -2.53. The van der Waals surface area contributed by atoms with Crippen molar-refractivity contribution >= 4 is 12.0 Å². The highest BCUT2D eigenvalue weighted by Crippen LogP contribution is 2.38. The van der Waals surface area contributed by atoms with Crippen molar-refractivity contribution in [2.24, 2.45) is 0 Å². The summed E-state index contributed by atoms with van der Waals surface area (Å²) in [6.07, 6.45) is 7.37. The molecule has 0 spiro atoms. The second kappa shape index (κ2) is 7.95. The number of hydrogen-bond acceptors (Lipinski definition) is 2. The Labute approximate surface area is 178 Å². The van der Waals surface area contributed by atoms with E-state index < -0.39 is 0 Å². The Kier molecular flexibility index (Phi) is 5.15. The van der Waals surface area contributed by atoms with Crippen LogP contribution in [0.4, 0.5) is 0 Å². The van der Waals surface area contributed by atoms with Crippen molar-refractivity contribution in [1.29, 1.82) is 0 Å². The molecule has 1 saturated carbocycles. The second-order valence-electron chi connectivity index (χ2n) is 9.05. The van der Waals surface area contributed by atoms with Gasteiger partial charge in [0.05, 0.1) is 32.8 Å². The smallest absolute Gasteiger partial charge is 0.246 e. The number of aromatic nitrogens is 1. The van der Waals surface area contributed by atoms with Crippen LogP contribution >= 0.6 is 0 Å². The van der Waals surface area contributed by atoms with Crippen molar-refractivity contribution in [1.82, 2.24) is 9.47 Å². The number of amides is 1. The lowest BCUT2D eigenvalue weighted by atomic mass is 10.1. The van der Waals surface area contributed by atoms with Crippen molar-refractivity contribution in [2.45, 2.75) is 45.7 Å². The molecule has 30 heavy (non-hydrogen) atoms. The van der Waals surface area contributed by atoms with Crippen LogP contribution in [0.5, 0.6) is 5.75 Å². The van der Waals surface area contributed by atoms with Crippen molar-refractivity contribution in [3.05, 3.63) is 58.4 Å². The highest BCUT2D eigenvalue weighted by atomic mass is 16.5. The van der Waals surface area contributed by atoms with Crippen LogP contribution < -0.4 is 9.64 Å². The molecular formula is C25H32N3O2+. The molecule has 5 nitrogen and oxygen atoms in total. The van der Waals surface area contributed by atoms with Crippen LogP contribution in [0.1, 0.15) is 47.0 Å². The zero-order valence-electron chi connectivity index (χ0n) is 18.1. The Balaban J connectivity index is 1.15. The lowest BCUT2D eigenvalue weighted by Crippen LogP contribution is -3.13. The van der Waals surface area contributed by atoms with E-state index in [2.05, 4.69) is 42.7 Å². The van der Waals surface area contributed by atoms with Gasteiger partial charge in [0.15, 0.2) is 0 Å². The van der Waals surface area contributed by atoms with Gasteiger partial charge in [0, 0.05) is 35.5 Å². The van der Waals surface area contributed by atoms with E-state index in [-0.39, 0.29) is 5.91 Å². The molecule has 5 rings (SSSR count). The molecule has 0 radical (unpaired) electrons. The first-order valence-corrected chi connectivity index (χ1v) is 11.3. The number of rotatable bonds is 5. The first kappa shape index (κ1) is 19.4. The van der Waals surface area contributed by atoms with Crippen LogP contribution in [-0.2, 0) is 17.8 Å². The first-order valence-electron chi connectivity index (χ1n) is 11.3. The third-order valence-electron chi connectivity index (χ3n) is 6.83. The van der Waals surface area contributed by atoms with Crippen molar-refractivity contribution in [3.8, 4) is 5.75 Å². The van der Waals surface area contributed by atoms with E-state index in [1.165, 1.54) is 40.9 Å². The van der Waals surface area contributed by atoms with Crippen LogP contribution in [0, 0.1) is 13.8 Å². The predicted molar refractivity (Wildman–Crippen MR) is 118 cm³/mol. The van der Waals surface area contributed by atoms with Crippen molar-refractivity contribution in [3.63, 3.8) is 0 Å². The van der Waals surface area contributed by atoms with Gasteiger partial charge >= 0.3 is 0 Å². The number of nitrogens with zero attached hydrogens (tertiary/aromatic N) is 2. The van der Waals surface area contributed by atoms with Gasteiger partial charge in [-0.1, -0.05) is 0 Å². The van der Waals surface area contributed by atoms with Gasteiger partial charge in [0.1, 0.15) is 12.3 Å². The van der Waals surface area contributed by atoms with Gasteiger partial charge in [0.2, 0.25) is 5.91 Å². The molecule has 0 atom stereocenters. The molecule has 3 aliphatic rings. The molecule has 158 valence electrons. The molecule has 1 aromatic carbocycles. The topological polar surface area (TPSA) is 38.9 Å². The summed E-state index contributed by atoms with van der Waals surface area (Å²) in [5.74, 6) is 1.19. The summed E-state index contributed by atoms with van der Waals surface area (Å²) in [7, 11) is 0. The van der Waals surface area contributed by atoms with Gasteiger partial charge in [-0.3, -0.25) is 4.79 Å². The fourth-order valence-electron chi connectivity index (χ4n) is 4.99. The Bertz CT molecular complexity index is 979. The molecule has 1 N–H and O–H groups in total. The number of fused-ring (bicyclic) bond motifs is 1. The summed E-state index contributed by atoms with van der Waals surface area (Å²) in [6, 6.07) is 9.49. The summed E-state index contributed by atoms with van der Waals surface area (Å²) in [5.41, 5.74) is 6.48. The number of nitrogens with one attached hydrogen (secondary N) is 1. The van der Waals surface area contributed by atoms with Crippen LogP contribution in [0.25, 0.3) is 6.08 Å². The zero-order valence-corrected chi connectivity index (χ0v) is 18.1. The van der Waals surface area contributed by atoms with Gasteiger partial charge in [-0.15, -0.1) is 0 Å². The molecule has 1 amide bonds. The van der Waals surface area contributed by atoms with Crippen LogP contribution in [0.3, 0.4) is 0 Å². The van der Waals surface area contributed by atoms with E-state index in [0.29, 0.717) is 6.04 Å². The number of benzene rings is 1. The molecule has 5 heteroatoms. The molecule has 1 aliphatic carbocycles. The minimum absolute atomic E-state index is 0.139. The minimum atomic E-state index is 0.139. The lowest BCUT2D eigenvalue weighted by molar-refractivity contribution is -0.917. The molecule has 2 aliphatic heterocycles. The highest BCUT2D eigenvalue weighted by molar-refractivity contribution is 5.92. The van der Waals surface area contributed by atoms with Crippen LogP contribution in [0.15, 0.2) is 30.3 Å². The van der Waals surface area contributed by atoms with Gasteiger partial charge in [-0.05, 0) is 68.2 Å². The maximum absolute atomic E-state index is 12.7. The number of piperazine rings is 1. The largest absolute Gasteiger partial charge is 0.493 e. The molecule has 1 saturated heterocycles. The Morgan fingerprint density at radius 3 is 2.77 bits per heavy atom. The normalized spacial score (nSPS) is 19.3. The Morgan fingerprint density at radius 1 is 1.20 bits per heavy atom. The maximum Gasteiger partial charge on any atom is 0.246 e. The third-order valence-corrected chi connectivity index (χ3v) is 6.83. The van der Waals surface area contributed by atoms with Crippen LogP contribution in [-0.4, -0.2) is 48.2 Å². The van der Waals surface area contributed by atoms with E-state index in [9.17, 15) is 4.79 Å². The maximum atomic E-state index is 12.7. The number of carbonyl (C=O) groups excluding carboxylic acids is 1. The molecule has 0 bridgehead atoms. The zero-order chi connectivity index (χ0) is 20.7. The monoisotopic (exact) mass is 406 g/mol. The van der Waals surface area contributed by atoms with E-state index in [1.807, 2.05) is 11.0 Å². The molecule has 1 aromatic heterocycles. The lowest BCUT2D eigenvalue weighted by Gasteiger charge is -2.31. The standard InChI is InChI=1S/C25H31N3O2/c1-18-15-21(19(2)28(18)23-5-6-23)4-8-25(29)27-12-10-26(11-13-27)17-20-3-7-24-22(16-20)9-14-30-24/h3-4,7-8,15-16,23H,5-6,9-14,17H2,1-2H3/p+1/b8-4+. The quantitative estimate of drug-likeness (QED) is 0.774. The molecule has 2 aromatic rings. The van der Waals surface area contributed by atoms with Crippen LogP contribution in [0.2, 0.25) is 0 Å². The van der Waals surface area contributed by atoms with Crippen molar-refractivity contribution in [2.75, 3.05) is 32.8 Å². The molecule has 0 unspecified atom stereocenters. The molecule has 2 fully saturated rings. The summed E-state index contributed by atoms with van der Waals surface area (Å²) < 4.78 is 8.04. The summed E-state index contributed by atoms with van der Waals surface area (Å²) in [4.78, 5) is 16.3. The predicted octanol–water partition coefficient (Wildman–Crippen LogP) is 2.32. The number of ether oxygens (including phenoxy) is 1. The number of aryl methyl sites for hydroxylation is 1. The molecule has 3 heterocycles. The van der Waals surface area contributed by atoms with Gasteiger partial charge in [0.25, 0.3) is 0 Å². The van der Waals surface area contributed by atoms with E-state index in [0.717, 1.165) is 51.5 Å². The van der Waals surface area contributed by atoms with E-state index in [1.54, 1.807) is 11.0 Å². The summed E-state index contributed by atoms with van der Waals surface area (Å²) in [6.45, 7) is 9.83. The van der Waals surface area contributed by atoms with Crippen molar-refractivity contribution < 1.29 is 14.4 Å². The second-order valence-corrected chi connectivity index (χ2v) is 9.05. The Morgan fingerprint density at radius 2 is 2.00 bits per heavy atom. The SMILES string of the molecule is Cc1cc(/C=C/C(=O)N2CC[NH+](Cc3ccc4c(c3)CCO4)CC2)c(C)n1C1CC1. The van der Waals surface area contributed by atoms with E-state index in [4.69, 9.17) is 4.74 Å². The van der Waals surface area contributed by atoms with Gasteiger partial charge in [-0.2, -0.15) is 0 Å². The fourth-order valence-corrected chi connectivity index (χ4v) is 4.99. The highest BCUT2D eigenvalue weighted by Gasteiger charge is 2.27. The fraction of sp³-hybridized carbons (Fsp3) is 0.480. The van der Waals surface area contributed by atoms with Gasteiger partial charge < -0.3 is 19.1 Å². The first-order chi connectivity index (χ1) is 14.6. The average molecular weight is 407 g/mol. The minimum Gasteiger partial charge on any atom is -0.493 e. The van der Waals surface area contributed by atoms with Gasteiger partial charge in [-0.25, -0.2) is 0 Å². The number of hydrogen-bond donors (Lipinski definition) is 1. The molecular weight excluding hydrogens is 374 g/mol. The number of quaternary nitrogens is 1. The average Bonchev–Trinajstić information content (AvgIpc) is 3.39. The van der Waals surface area contributed by atoms with E-state index >= 15 is 0 Å².